The average Bonchev–Trinajstić information content (AvgIpc) is 2.38. The normalized spacial score (nSPS) is 10.1. The van der Waals surface area contributed by atoms with Crippen molar-refractivity contribution in [2.24, 2.45) is 0 Å². The van der Waals surface area contributed by atoms with Crippen molar-refractivity contribution in [1.82, 2.24) is 15.0 Å². The van der Waals surface area contributed by atoms with Crippen molar-refractivity contribution >= 4 is 29.2 Å². The lowest BCUT2D eigenvalue weighted by Gasteiger charge is -2.08. The van der Waals surface area contributed by atoms with E-state index in [2.05, 4.69) is 20.3 Å². The zero-order chi connectivity index (χ0) is 13.8. The Morgan fingerprint density at radius 2 is 1.95 bits per heavy atom. The van der Waals surface area contributed by atoms with Crippen LogP contribution >= 0.6 is 11.6 Å². The molecule has 0 saturated carbocycles. The quantitative estimate of drug-likeness (QED) is 0.883. The molecule has 0 amide bonds. The molecule has 8 heteroatoms. The fourth-order valence-electron chi connectivity index (χ4n) is 1.39. The third kappa shape index (κ3) is 3.14. The number of hydrogen-bond donors (Lipinski definition) is 2. The smallest absolute Gasteiger partial charge is 0.322 e. The lowest BCUT2D eigenvalue weighted by molar-refractivity contribution is 0.380. The van der Waals surface area contributed by atoms with Gasteiger partial charge in [-0.05, 0) is 18.2 Å². The molecule has 0 unspecified atom stereocenters. The topological polar surface area (TPSA) is 95.2 Å². The lowest BCUT2D eigenvalue weighted by Crippen LogP contribution is -2.05. The van der Waals surface area contributed by atoms with Crippen LogP contribution in [0.2, 0.25) is 5.02 Å². The first-order valence-electron chi connectivity index (χ1n) is 5.28. The van der Waals surface area contributed by atoms with Gasteiger partial charge in [0.05, 0.1) is 19.2 Å². The van der Waals surface area contributed by atoms with Crippen LogP contribution in [0.4, 0.5) is 17.6 Å². The SMILES string of the molecule is COc1nc(N)nc(Nc2ccc(OC)c(Cl)c2)n1. The number of nitrogens with two attached hydrogens (primary N) is 1. The van der Waals surface area contributed by atoms with E-state index in [4.69, 9.17) is 26.8 Å². The first kappa shape index (κ1) is 13.2. The molecule has 3 N–H and O–H groups in total. The number of anilines is 3. The molecule has 0 spiro atoms. The number of ether oxygens (including phenoxy) is 2. The first-order chi connectivity index (χ1) is 9.12. The molecule has 0 saturated heterocycles. The van der Waals surface area contributed by atoms with Crippen molar-refractivity contribution in [3.63, 3.8) is 0 Å². The first-order valence-corrected chi connectivity index (χ1v) is 5.66. The summed E-state index contributed by atoms with van der Waals surface area (Å²) in [5.41, 5.74) is 6.23. The predicted molar refractivity (Wildman–Crippen MR) is 72.1 cm³/mol. The molecule has 2 rings (SSSR count). The Hall–Kier alpha value is -2.28. The monoisotopic (exact) mass is 281 g/mol. The summed E-state index contributed by atoms with van der Waals surface area (Å²) in [6.45, 7) is 0. The van der Waals surface area contributed by atoms with Crippen molar-refractivity contribution in [3.05, 3.63) is 23.2 Å². The Kier molecular flexibility index (Phi) is 3.86. The summed E-state index contributed by atoms with van der Waals surface area (Å²) in [4.78, 5) is 11.7. The van der Waals surface area contributed by atoms with Gasteiger partial charge < -0.3 is 20.5 Å². The van der Waals surface area contributed by atoms with Crippen LogP contribution in [0.25, 0.3) is 0 Å². The molecule has 19 heavy (non-hydrogen) atoms. The van der Waals surface area contributed by atoms with Gasteiger partial charge in [0, 0.05) is 5.69 Å². The van der Waals surface area contributed by atoms with Gasteiger partial charge in [0.1, 0.15) is 5.75 Å². The fraction of sp³-hybridized carbons (Fsp3) is 0.182. The molecule has 0 atom stereocenters. The molecule has 1 heterocycles. The van der Waals surface area contributed by atoms with Crippen LogP contribution < -0.4 is 20.5 Å². The largest absolute Gasteiger partial charge is 0.495 e. The van der Waals surface area contributed by atoms with Crippen LogP contribution in [0.3, 0.4) is 0 Å². The maximum atomic E-state index is 6.02. The lowest BCUT2D eigenvalue weighted by atomic mass is 10.3. The van der Waals surface area contributed by atoms with Crippen LogP contribution in [0.1, 0.15) is 0 Å². The molecule has 1 aromatic heterocycles. The molecule has 0 radical (unpaired) electrons. The minimum absolute atomic E-state index is 0.0639. The Morgan fingerprint density at radius 3 is 2.58 bits per heavy atom. The predicted octanol–water partition coefficient (Wildman–Crippen LogP) is 1.87. The van der Waals surface area contributed by atoms with E-state index >= 15 is 0 Å². The minimum Gasteiger partial charge on any atom is -0.495 e. The number of nitrogens with one attached hydrogen (secondary N) is 1. The second kappa shape index (κ2) is 5.57. The molecule has 0 fully saturated rings. The standard InChI is InChI=1S/C11H12ClN5O2/c1-18-8-4-3-6(5-7(8)12)14-10-15-9(13)16-11(17-10)19-2/h3-5H,1-2H3,(H3,13,14,15,16,17). The second-order valence-corrected chi connectivity index (χ2v) is 3.89. The van der Waals surface area contributed by atoms with Gasteiger partial charge in [0.25, 0.3) is 0 Å². The number of methoxy groups -OCH3 is 2. The van der Waals surface area contributed by atoms with Gasteiger partial charge in [-0.3, -0.25) is 0 Å². The highest BCUT2D eigenvalue weighted by Crippen LogP contribution is 2.28. The zero-order valence-corrected chi connectivity index (χ0v) is 11.1. The van der Waals surface area contributed by atoms with E-state index in [1.54, 1.807) is 25.3 Å². The molecule has 2 aromatic rings. The van der Waals surface area contributed by atoms with E-state index < -0.39 is 0 Å². The summed E-state index contributed by atoms with van der Waals surface area (Å²) < 4.78 is 9.97. The van der Waals surface area contributed by atoms with Crippen molar-refractivity contribution in [3.8, 4) is 11.8 Å². The molecule has 7 nitrogen and oxygen atoms in total. The van der Waals surface area contributed by atoms with Crippen LogP contribution in [-0.4, -0.2) is 29.2 Å². The molecular weight excluding hydrogens is 270 g/mol. The Balaban J connectivity index is 2.25. The maximum absolute atomic E-state index is 6.02. The van der Waals surface area contributed by atoms with Gasteiger partial charge >= 0.3 is 6.01 Å². The van der Waals surface area contributed by atoms with Crippen LogP contribution in [0, 0.1) is 0 Å². The zero-order valence-electron chi connectivity index (χ0n) is 10.3. The van der Waals surface area contributed by atoms with Crippen LogP contribution in [0.15, 0.2) is 18.2 Å². The summed E-state index contributed by atoms with van der Waals surface area (Å²) in [5.74, 6) is 0.916. The van der Waals surface area contributed by atoms with Gasteiger partial charge in [-0.1, -0.05) is 11.6 Å². The van der Waals surface area contributed by atoms with Gasteiger partial charge in [-0.15, -0.1) is 0 Å². The Labute approximate surface area is 114 Å². The average molecular weight is 282 g/mol. The Morgan fingerprint density at radius 1 is 1.16 bits per heavy atom. The number of rotatable bonds is 4. The number of aromatic nitrogens is 3. The summed E-state index contributed by atoms with van der Waals surface area (Å²) in [6, 6.07) is 5.32. The summed E-state index contributed by atoms with van der Waals surface area (Å²) in [7, 11) is 2.99. The van der Waals surface area contributed by atoms with Gasteiger partial charge in [0.15, 0.2) is 0 Å². The molecule has 0 bridgehead atoms. The van der Waals surface area contributed by atoms with E-state index in [1.807, 2.05) is 0 Å². The minimum atomic E-state index is 0.0639. The second-order valence-electron chi connectivity index (χ2n) is 3.48. The van der Waals surface area contributed by atoms with Crippen LogP contribution in [0.5, 0.6) is 11.8 Å². The highest BCUT2D eigenvalue weighted by Gasteiger charge is 2.06. The molecule has 0 aliphatic rings. The summed E-state index contributed by atoms with van der Waals surface area (Å²) >= 11 is 6.02. The molecular formula is C11H12ClN5O2. The highest BCUT2D eigenvalue weighted by atomic mass is 35.5. The van der Waals surface area contributed by atoms with Gasteiger partial charge in [0.2, 0.25) is 11.9 Å². The maximum Gasteiger partial charge on any atom is 0.322 e. The number of nitrogens with zero attached hydrogens (tertiary/aromatic N) is 3. The molecule has 100 valence electrons. The summed E-state index contributed by atoms with van der Waals surface area (Å²) in [5, 5.41) is 3.42. The van der Waals surface area contributed by atoms with E-state index in [9.17, 15) is 0 Å². The number of hydrogen-bond acceptors (Lipinski definition) is 7. The number of nitrogen functional groups attached to an aromatic ring is 1. The van der Waals surface area contributed by atoms with Crippen molar-refractivity contribution in [2.75, 3.05) is 25.3 Å². The van der Waals surface area contributed by atoms with Crippen LogP contribution in [-0.2, 0) is 0 Å². The number of halogens is 1. The highest BCUT2D eigenvalue weighted by molar-refractivity contribution is 6.32. The van der Waals surface area contributed by atoms with Crippen molar-refractivity contribution in [2.45, 2.75) is 0 Å². The van der Waals surface area contributed by atoms with Crippen molar-refractivity contribution in [1.29, 1.82) is 0 Å². The van der Waals surface area contributed by atoms with Gasteiger partial charge in [-0.25, -0.2) is 0 Å². The van der Waals surface area contributed by atoms with E-state index in [-0.39, 0.29) is 17.9 Å². The van der Waals surface area contributed by atoms with Gasteiger partial charge in [-0.2, -0.15) is 15.0 Å². The van der Waals surface area contributed by atoms with Crippen molar-refractivity contribution < 1.29 is 9.47 Å². The fourth-order valence-corrected chi connectivity index (χ4v) is 1.65. The Bertz CT molecular complexity index is 593. The van der Waals surface area contributed by atoms with E-state index in [0.29, 0.717) is 16.5 Å². The van der Waals surface area contributed by atoms with E-state index in [1.165, 1.54) is 7.11 Å². The number of benzene rings is 1. The third-order valence-electron chi connectivity index (χ3n) is 2.22. The molecule has 0 aliphatic carbocycles. The third-order valence-corrected chi connectivity index (χ3v) is 2.52. The van der Waals surface area contributed by atoms with E-state index in [0.717, 1.165) is 0 Å². The summed E-state index contributed by atoms with van der Waals surface area (Å²) in [6.07, 6.45) is 0. The molecule has 1 aromatic carbocycles. The molecule has 0 aliphatic heterocycles.